The van der Waals surface area contributed by atoms with Crippen molar-refractivity contribution in [1.29, 1.82) is 0 Å². The highest BCUT2D eigenvalue weighted by atomic mass is 16.3. The number of likely N-dealkylation sites (tertiary alicyclic amines) is 1. The van der Waals surface area contributed by atoms with Gasteiger partial charge in [-0.05, 0) is 5.92 Å². The number of carbonyl (C=O) groups excluding carboxylic acids is 1. The molecule has 0 saturated carbocycles. The van der Waals surface area contributed by atoms with Gasteiger partial charge in [0.05, 0.1) is 6.10 Å². The first-order chi connectivity index (χ1) is 6.60. The molecule has 0 bridgehead atoms. The third-order valence-electron chi connectivity index (χ3n) is 3.05. The summed E-state index contributed by atoms with van der Waals surface area (Å²) in [5.74, 6) is 0.259. The third kappa shape index (κ3) is 2.25. The second kappa shape index (κ2) is 4.75. The summed E-state index contributed by atoms with van der Waals surface area (Å²) in [6.45, 7) is 5.15. The number of hydrogen-bond acceptors (Lipinski definition) is 3. The standard InChI is InChI=1S/C10H20N2O2/c1-3-7(4-2)9(13)6-12-5-8(11)10(12)14/h7-9,13H,3-6,11H2,1-2H3. The molecule has 0 aromatic rings. The normalized spacial score (nSPS) is 23.9. The summed E-state index contributed by atoms with van der Waals surface area (Å²) < 4.78 is 0. The fraction of sp³-hybridized carbons (Fsp3) is 0.900. The van der Waals surface area contributed by atoms with Gasteiger partial charge in [-0.15, -0.1) is 0 Å². The Bertz CT molecular complexity index is 204. The van der Waals surface area contributed by atoms with E-state index < -0.39 is 6.10 Å². The van der Waals surface area contributed by atoms with Crippen molar-refractivity contribution < 1.29 is 9.90 Å². The van der Waals surface area contributed by atoms with Gasteiger partial charge in [-0.25, -0.2) is 0 Å². The summed E-state index contributed by atoms with van der Waals surface area (Å²) in [6.07, 6.45) is 1.50. The molecular weight excluding hydrogens is 180 g/mol. The number of amides is 1. The number of β-amino-alcohol motifs (C(OH)–C–C–N with tert-alkyl or cyclic N) is 1. The highest BCUT2D eigenvalue weighted by Crippen LogP contribution is 2.17. The first kappa shape index (κ1) is 11.5. The molecule has 2 atom stereocenters. The van der Waals surface area contributed by atoms with Crippen molar-refractivity contribution in [2.45, 2.75) is 38.8 Å². The Kier molecular flexibility index (Phi) is 3.89. The van der Waals surface area contributed by atoms with Gasteiger partial charge in [-0.1, -0.05) is 26.7 Å². The van der Waals surface area contributed by atoms with Crippen LogP contribution in [0.25, 0.3) is 0 Å². The second-order valence-electron chi connectivity index (χ2n) is 3.99. The number of rotatable bonds is 5. The van der Waals surface area contributed by atoms with E-state index in [1.807, 2.05) is 0 Å². The van der Waals surface area contributed by atoms with Gasteiger partial charge < -0.3 is 15.7 Å². The largest absolute Gasteiger partial charge is 0.391 e. The van der Waals surface area contributed by atoms with Crippen molar-refractivity contribution in [2.75, 3.05) is 13.1 Å². The lowest BCUT2D eigenvalue weighted by molar-refractivity contribution is -0.144. The zero-order chi connectivity index (χ0) is 10.7. The van der Waals surface area contributed by atoms with Crippen LogP contribution in [0.4, 0.5) is 0 Å². The second-order valence-corrected chi connectivity index (χ2v) is 3.99. The molecule has 0 aromatic carbocycles. The maximum atomic E-state index is 11.2. The van der Waals surface area contributed by atoms with Crippen molar-refractivity contribution in [3.63, 3.8) is 0 Å². The van der Waals surface area contributed by atoms with Gasteiger partial charge in [0.2, 0.25) is 5.91 Å². The molecule has 4 heteroatoms. The van der Waals surface area contributed by atoms with Gasteiger partial charge >= 0.3 is 0 Å². The summed E-state index contributed by atoms with van der Waals surface area (Å²) in [6, 6.07) is -0.330. The number of nitrogens with zero attached hydrogens (tertiary/aromatic N) is 1. The molecule has 3 N–H and O–H groups in total. The number of aliphatic hydroxyl groups excluding tert-OH is 1. The Morgan fingerprint density at radius 1 is 1.57 bits per heavy atom. The van der Waals surface area contributed by atoms with Crippen LogP contribution in [0.1, 0.15) is 26.7 Å². The van der Waals surface area contributed by atoms with Crippen molar-refractivity contribution in [2.24, 2.45) is 11.7 Å². The lowest BCUT2D eigenvalue weighted by Crippen LogP contribution is -2.62. The molecule has 82 valence electrons. The monoisotopic (exact) mass is 200 g/mol. The van der Waals surface area contributed by atoms with E-state index in [0.717, 1.165) is 12.8 Å². The number of β-lactam (4-membered cyclic amide) rings is 1. The molecule has 4 nitrogen and oxygen atoms in total. The topological polar surface area (TPSA) is 66.6 Å². The van der Waals surface area contributed by atoms with E-state index in [4.69, 9.17) is 5.73 Å². The maximum Gasteiger partial charge on any atom is 0.241 e. The number of aliphatic hydroxyl groups is 1. The van der Waals surface area contributed by atoms with Gasteiger partial charge in [-0.2, -0.15) is 0 Å². The van der Waals surface area contributed by atoms with E-state index in [-0.39, 0.29) is 11.9 Å². The minimum Gasteiger partial charge on any atom is -0.391 e. The Hall–Kier alpha value is -0.610. The molecule has 1 rings (SSSR count). The lowest BCUT2D eigenvalue weighted by Gasteiger charge is -2.38. The predicted molar refractivity (Wildman–Crippen MR) is 54.6 cm³/mol. The van der Waals surface area contributed by atoms with Crippen LogP contribution in [0.3, 0.4) is 0 Å². The highest BCUT2D eigenvalue weighted by Gasteiger charge is 2.35. The molecule has 0 radical (unpaired) electrons. The minimum absolute atomic E-state index is 0.0324. The average molecular weight is 200 g/mol. The lowest BCUT2D eigenvalue weighted by atomic mass is 9.95. The zero-order valence-corrected chi connectivity index (χ0v) is 8.94. The quantitative estimate of drug-likeness (QED) is 0.612. The SMILES string of the molecule is CCC(CC)C(O)CN1CC(N)C1=O. The number of hydrogen-bond donors (Lipinski definition) is 2. The van der Waals surface area contributed by atoms with Crippen LogP contribution in [-0.4, -0.2) is 41.1 Å². The molecule has 1 amide bonds. The van der Waals surface area contributed by atoms with E-state index in [1.165, 1.54) is 0 Å². The Labute approximate surface area is 85.1 Å². The molecule has 2 unspecified atom stereocenters. The summed E-state index contributed by atoms with van der Waals surface area (Å²) in [5.41, 5.74) is 5.46. The van der Waals surface area contributed by atoms with E-state index >= 15 is 0 Å². The summed E-state index contributed by atoms with van der Waals surface area (Å²) in [5, 5.41) is 9.81. The average Bonchev–Trinajstić information content (AvgIpc) is 2.19. The summed E-state index contributed by atoms with van der Waals surface area (Å²) in [4.78, 5) is 12.8. The molecule has 1 aliphatic rings. The molecule has 0 spiro atoms. The van der Waals surface area contributed by atoms with Gasteiger partial charge in [-0.3, -0.25) is 4.79 Å². The van der Waals surface area contributed by atoms with Crippen LogP contribution in [0.5, 0.6) is 0 Å². The van der Waals surface area contributed by atoms with E-state index in [2.05, 4.69) is 13.8 Å². The zero-order valence-electron chi connectivity index (χ0n) is 8.94. The summed E-state index contributed by atoms with van der Waals surface area (Å²) >= 11 is 0. The van der Waals surface area contributed by atoms with E-state index in [9.17, 15) is 9.90 Å². The molecule has 14 heavy (non-hydrogen) atoms. The molecule has 1 heterocycles. The fourth-order valence-corrected chi connectivity index (χ4v) is 1.90. The summed E-state index contributed by atoms with van der Waals surface area (Å²) in [7, 11) is 0. The first-order valence-corrected chi connectivity index (χ1v) is 5.32. The van der Waals surface area contributed by atoms with Crippen LogP contribution in [0.2, 0.25) is 0 Å². The van der Waals surface area contributed by atoms with Crippen molar-refractivity contribution >= 4 is 5.91 Å². The molecular formula is C10H20N2O2. The Morgan fingerprint density at radius 2 is 2.14 bits per heavy atom. The highest BCUT2D eigenvalue weighted by molar-refractivity contribution is 5.87. The Morgan fingerprint density at radius 3 is 2.50 bits per heavy atom. The van der Waals surface area contributed by atoms with Crippen molar-refractivity contribution in [3.05, 3.63) is 0 Å². The van der Waals surface area contributed by atoms with Crippen molar-refractivity contribution in [1.82, 2.24) is 4.90 Å². The molecule has 1 aliphatic heterocycles. The van der Waals surface area contributed by atoms with E-state index in [0.29, 0.717) is 19.0 Å². The first-order valence-electron chi connectivity index (χ1n) is 5.32. The maximum absolute atomic E-state index is 11.2. The van der Waals surface area contributed by atoms with Gasteiger partial charge in [0.1, 0.15) is 6.04 Å². The molecule has 0 aromatic heterocycles. The molecule has 0 aliphatic carbocycles. The minimum atomic E-state index is -0.401. The smallest absolute Gasteiger partial charge is 0.241 e. The van der Waals surface area contributed by atoms with E-state index in [1.54, 1.807) is 4.90 Å². The van der Waals surface area contributed by atoms with Crippen LogP contribution < -0.4 is 5.73 Å². The predicted octanol–water partition coefficient (Wildman–Crippen LogP) is -0.0470. The fourth-order valence-electron chi connectivity index (χ4n) is 1.90. The number of carbonyl (C=O) groups is 1. The third-order valence-corrected chi connectivity index (χ3v) is 3.05. The van der Waals surface area contributed by atoms with Gasteiger partial charge in [0.25, 0.3) is 0 Å². The van der Waals surface area contributed by atoms with Gasteiger partial charge in [0, 0.05) is 13.1 Å². The van der Waals surface area contributed by atoms with Crippen LogP contribution in [0, 0.1) is 5.92 Å². The molecule has 1 fully saturated rings. The molecule has 1 saturated heterocycles. The Balaban J connectivity index is 2.33. The van der Waals surface area contributed by atoms with Gasteiger partial charge in [0.15, 0.2) is 0 Å². The van der Waals surface area contributed by atoms with Crippen LogP contribution in [-0.2, 0) is 4.79 Å². The van der Waals surface area contributed by atoms with Crippen LogP contribution in [0.15, 0.2) is 0 Å². The van der Waals surface area contributed by atoms with Crippen molar-refractivity contribution in [3.8, 4) is 0 Å². The number of nitrogens with two attached hydrogens (primary N) is 1. The van der Waals surface area contributed by atoms with Crippen LogP contribution >= 0.6 is 0 Å².